The van der Waals surface area contributed by atoms with Crippen LogP contribution in [0.3, 0.4) is 0 Å². The summed E-state index contributed by atoms with van der Waals surface area (Å²) in [5.74, 6) is -2.23. The number of ether oxygens (including phenoxy) is 1. The molecule has 0 saturated heterocycles. The zero-order valence-electron chi connectivity index (χ0n) is 15.0. The molecule has 0 aliphatic carbocycles. The maximum atomic E-state index is 12.2. The van der Waals surface area contributed by atoms with E-state index in [1.807, 2.05) is 0 Å². The highest BCUT2D eigenvalue weighted by Gasteiger charge is 2.18. The second-order valence-corrected chi connectivity index (χ2v) is 8.06. The number of thiazole rings is 1. The topological polar surface area (TPSA) is 123 Å². The first-order chi connectivity index (χ1) is 13.3. The molecule has 0 aliphatic heterocycles. The van der Waals surface area contributed by atoms with E-state index in [9.17, 15) is 18.6 Å². The van der Waals surface area contributed by atoms with Crippen LogP contribution in [0.15, 0.2) is 36.9 Å². The summed E-state index contributed by atoms with van der Waals surface area (Å²) in [6.45, 7) is 5.16. The van der Waals surface area contributed by atoms with Crippen LogP contribution in [0.2, 0.25) is 0 Å². The van der Waals surface area contributed by atoms with Crippen molar-refractivity contribution >= 4 is 45.1 Å². The van der Waals surface area contributed by atoms with Crippen LogP contribution in [-0.2, 0) is 26.1 Å². The number of esters is 1. The first-order valence-corrected chi connectivity index (χ1v) is 10.3. The van der Waals surface area contributed by atoms with Gasteiger partial charge in [-0.3, -0.25) is 9.00 Å². The van der Waals surface area contributed by atoms with Gasteiger partial charge in [0.15, 0.2) is 5.13 Å². The SMILES string of the molecule is C=CCOC(=O)c1sc(NC(=O)CS(=O)Cc2ccc(C(=O)O)cc2)nc1C. The molecule has 2 N–H and O–H groups in total. The highest BCUT2D eigenvalue weighted by atomic mass is 32.2. The van der Waals surface area contributed by atoms with E-state index < -0.39 is 28.6 Å². The van der Waals surface area contributed by atoms with E-state index in [-0.39, 0.29) is 33.7 Å². The molecule has 8 nitrogen and oxygen atoms in total. The van der Waals surface area contributed by atoms with Gasteiger partial charge in [-0.05, 0) is 24.6 Å². The molecular weight excluding hydrogens is 404 g/mol. The standard InChI is InChI=1S/C18H18N2O6S2/c1-3-8-26-17(24)15-11(2)19-18(27-15)20-14(21)10-28(25)9-12-4-6-13(7-5-12)16(22)23/h3-7H,1,8-10H2,2H3,(H,22,23)(H,19,20,21). The Morgan fingerprint density at radius 1 is 1.32 bits per heavy atom. The molecule has 148 valence electrons. The fourth-order valence-electron chi connectivity index (χ4n) is 2.12. The number of aromatic carboxylic acids is 1. The van der Waals surface area contributed by atoms with Gasteiger partial charge in [0.05, 0.1) is 11.3 Å². The lowest BCUT2D eigenvalue weighted by Gasteiger charge is -2.04. The highest BCUT2D eigenvalue weighted by molar-refractivity contribution is 7.85. The van der Waals surface area contributed by atoms with Gasteiger partial charge >= 0.3 is 11.9 Å². The number of amides is 1. The Morgan fingerprint density at radius 3 is 2.61 bits per heavy atom. The average Bonchev–Trinajstić information content (AvgIpc) is 2.99. The first-order valence-electron chi connectivity index (χ1n) is 8.02. The van der Waals surface area contributed by atoms with Crippen LogP contribution in [0.1, 0.15) is 31.3 Å². The minimum atomic E-state index is -1.49. The van der Waals surface area contributed by atoms with Gasteiger partial charge in [0.25, 0.3) is 0 Å². The van der Waals surface area contributed by atoms with E-state index in [0.717, 1.165) is 11.3 Å². The zero-order chi connectivity index (χ0) is 20.7. The number of hydrogen-bond acceptors (Lipinski definition) is 7. The number of nitrogens with one attached hydrogen (secondary N) is 1. The fourth-order valence-corrected chi connectivity index (χ4v) is 4.03. The number of carboxylic acid groups (broad SMARTS) is 1. The van der Waals surface area contributed by atoms with Crippen molar-refractivity contribution in [2.75, 3.05) is 17.7 Å². The Hall–Kier alpha value is -2.85. The molecule has 28 heavy (non-hydrogen) atoms. The minimum absolute atomic E-state index is 0.0737. The molecular formula is C18H18N2O6S2. The van der Waals surface area contributed by atoms with Gasteiger partial charge in [0, 0.05) is 16.6 Å². The van der Waals surface area contributed by atoms with Crippen molar-refractivity contribution in [1.82, 2.24) is 4.98 Å². The molecule has 1 unspecified atom stereocenters. The summed E-state index contributed by atoms with van der Waals surface area (Å²) in [6.07, 6.45) is 1.45. The van der Waals surface area contributed by atoms with Gasteiger partial charge < -0.3 is 15.2 Å². The monoisotopic (exact) mass is 422 g/mol. The lowest BCUT2D eigenvalue weighted by Crippen LogP contribution is -2.20. The van der Waals surface area contributed by atoms with Crippen molar-refractivity contribution in [3.8, 4) is 0 Å². The quantitative estimate of drug-likeness (QED) is 0.470. The maximum absolute atomic E-state index is 12.2. The van der Waals surface area contributed by atoms with Crippen LogP contribution in [0.25, 0.3) is 0 Å². The van der Waals surface area contributed by atoms with E-state index in [2.05, 4.69) is 16.9 Å². The molecule has 0 aliphatic rings. The largest absolute Gasteiger partial charge is 0.478 e. The zero-order valence-corrected chi connectivity index (χ0v) is 16.6. The highest BCUT2D eigenvalue weighted by Crippen LogP contribution is 2.23. The summed E-state index contributed by atoms with van der Waals surface area (Å²) in [6, 6.07) is 5.95. The number of aryl methyl sites for hydroxylation is 1. The van der Waals surface area contributed by atoms with E-state index in [1.165, 1.54) is 18.2 Å². The van der Waals surface area contributed by atoms with Gasteiger partial charge in [0.1, 0.15) is 17.2 Å². The van der Waals surface area contributed by atoms with Crippen molar-refractivity contribution in [2.24, 2.45) is 0 Å². The summed E-state index contributed by atoms with van der Waals surface area (Å²) < 4.78 is 17.1. The number of nitrogens with zero attached hydrogens (tertiary/aromatic N) is 1. The Bertz CT molecular complexity index is 921. The van der Waals surface area contributed by atoms with Crippen molar-refractivity contribution < 1.29 is 28.4 Å². The van der Waals surface area contributed by atoms with Gasteiger partial charge in [0.2, 0.25) is 5.91 Å². The predicted molar refractivity (Wildman–Crippen MR) is 106 cm³/mol. The van der Waals surface area contributed by atoms with E-state index in [4.69, 9.17) is 9.84 Å². The van der Waals surface area contributed by atoms with Crippen LogP contribution in [0.5, 0.6) is 0 Å². The number of aromatic nitrogens is 1. The molecule has 1 aromatic heterocycles. The number of benzene rings is 1. The van der Waals surface area contributed by atoms with Crippen LogP contribution < -0.4 is 5.32 Å². The van der Waals surface area contributed by atoms with Crippen LogP contribution in [-0.4, -0.2) is 44.5 Å². The molecule has 0 saturated carbocycles. The van der Waals surface area contributed by atoms with Crippen molar-refractivity contribution in [1.29, 1.82) is 0 Å². The number of hydrogen-bond donors (Lipinski definition) is 2. The summed E-state index contributed by atoms with van der Waals surface area (Å²) in [7, 11) is -1.49. The Morgan fingerprint density at radius 2 is 2.00 bits per heavy atom. The Balaban J connectivity index is 1.91. The van der Waals surface area contributed by atoms with Crippen molar-refractivity contribution in [3.05, 3.63) is 58.6 Å². The predicted octanol–water partition coefficient (Wildman–Crippen LogP) is 2.38. The molecule has 0 radical (unpaired) electrons. The number of carbonyl (C=O) groups excluding carboxylic acids is 2. The first kappa shape index (κ1) is 21.5. The summed E-state index contributed by atoms with van der Waals surface area (Å²) in [5, 5.41) is 11.6. The second-order valence-electron chi connectivity index (χ2n) is 5.60. The molecule has 0 spiro atoms. The van der Waals surface area contributed by atoms with Crippen LogP contribution in [0.4, 0.5) is 5.13 Å². The smallest absolute Gasteiger partial charge is 0.350 e. The molecule has 1 heterocycles. The number of carbonyl (C=O) groups is 3. The number of carboxylic acids is 1. The molecule has 1 aromatic carbocycles. The fraction of sp³-hybridized carbons (Fsp3) is 0.222. The average molecular weight is 422 g/mol. The molecule has 0 bridgehead atoms. The normalized spacial score (nSPS) is 11.5. The lowest BCUT2D eigenvalue weighted by atomic mass is 10.1. The molecule has 0 fully saturated rings. The molecule has 2 aromatic rings. The molecule has 10 heteroatoms. The Labute approximate surface area is 167 Å². The van der Waals surface area contributed by atoms with E-state index >= 15 is 0 Å². The van der Waals surface area contributed by atoms with Crippen LogP contribution in [0, 0.1) is 6.92 Å². The lowest BCUT2D eigenvalue weighted by molar-refractivity contribution is -0.113. The minimum Gasteiger partial charge on any atom is -0.478 e. The number of rotatable bonds is 9. The second kappa shape index (κ2) is 9.90. The third kappa shape index (κ3) is 6.10. The van der Waals surface area contributed by atoms with E-state index in [1.54, 1.807) is 19.1 Å². The summed E-state index contributed by atoms with van der Waals surface area (Å²) in [4.78, 5) is 39.1. The van der Waals surface area contributed by atoms with Crippen molar-refractivity contribution in [2.45, 2.75) is 12.7 Å². The van der Waals surface area contributed by atoms with Gasteiger partial charge in [-0.2, -0.15) is 0 Å². The van der Waals surface area contributed by atoms with Crippen LogP contribution >= 0.6 is 11.3 Å². The van der Waals surface area contributed by atoms with Gasteiger partial charge in [-0.1, -0.05) is 36.1 Å². The molecule has 2 rings (SSSR count). The van der Waals surface area contributed by atoms with Crippen molar-refractivity contribution in [3.63, 3.8) is 0 Å². The third-order valence-electron chi connectivity index (χ3n) is 3.38. The summed E-state index contributed by atoms with van der Waals surface area (Å²) in [5.41, 5.74) is 1.22. The van der Waals surface area contributed by atoms with E-state index in [0.29, 0.717) is 11.3 Å². The number of anilines is 1. The molecule has 1 amide bonds. The van der Waals surface area contributed by atoms with Gasteiger partial charge in [-0.25, -0.2) is 14.6 Å². The molecule has 1 atom stereocenters. The Kier molecular flexibility index (Phi) is 7.59. The third-order valence-corrected chi connectivity index (χ3v) is 5.67. The van der Waals surface area contributed by atoms with Gasteiger partial charge in [-0.15, -0.1) is 0 Å². The summed E-state index contributed by atoms with van der Waals surface area (Å²) >= 11 is 0.975. The maximum Gasteiger partial charge on any atom is 0.350 e.